The van der Waals surface area contributed by atoms with Gasteiger partial charge < -0.3 is 10.4 Å². The van der Waals surface area contributed by atoms with Gasteiger partial charge in [0.1, 0.15) is 5.75 Å². The number of nitrogens with zero attached hydrogens (tertiary/aromatic N) is 1. The van der Waals surface area contributed by atoms with Gasteiger partial charge in [0.05, 0.1) is 11.2 Å². The molecule has 0 spiro atoms. The number of amides is 2. The highest BCUT2D eigenvalue weighted by Crippen LogP contribution is 2.32. The first-order chi connectivity index (χ1) is 7.91. The summed E-state index contributed by atoms with van der Waals surface area (Å²) in [5, 5.41) is 12.6. The van der Waals surface area contributed by atoms with Gasteiger partial charge in [-0.15, -0.1) is 0 Å². The minimum atomic E-state index is -0.359. The molecule has 0 saturated carbocycles. The minimum Gasteiger partial charge on any atom is -0.506 e. The highest BCUT2D eigenvalue weighted by atomic mass is 16.3. The van der Waals surface area contributed by atoms with Crippen molar-refractivity contribution in [2.45, 2.75) is 26.3 Å². The molecule has 0 aromatic heterocycles. The van der Waals surface area contributed by atoms with Gasteiger partial charge in [-0.05, 0) is 39.0 Å². The third kappa shape index (κ3) is 2.11. The Labute approximate surface area is 101 Å². The molecule has 4 heteroatoms. The number of urea groups is 1. The molecule has 1 heterocycles. The van der Waals surface area contributed by atoms with E-state index in [0.717, 1.165) is 5.70 Å². The second kappa shape index (κ2) is 3.80. The quantitative estimate of drug-likeness (QED) is 0.782. The molecule has 1 aromatic rings. The Morgan fingerprint density at radius 2 is 1.94 bits per heavy atom. The number of nitrogens with one attached hydrogen (secondary N) is 1. The summed E-state index contributed by atoms with van der Waals surface area (Å²) in [4.78, 5) is 13.5. The lowest BCUT2D eigenvalue weighted by molar-refractivity contribution is 0.239. The molecule has 2 N–H and O–H groups in total. The first-order valence-electron chi connectivity index (χ1n) is 5.50. The molecule has 0 unspecified atom stereocenters. The number of hydrogen-bond acceptors (Lipinski definition) is 2. The molecule has 90 valence electrons. The highest BCUT2D eigenvalue weighted by Gasteiger charge is 2.31. The van der Waals surface area contributed by atoms with E-state index in [-0.39, 0.29) is 17.3 Å². The van der Waals surface area contributed by atoms with Gasteiger partial charge in [0.15, 0.2) is 0 Å². The molecule has 4 nitrogen and oxygen atoms in total. The maximum absolute atomic E-state index is 12.0. The summed E-state index contributed by atoms with van der Waals surface area (Å²) < 4.78 is 0. The number of aromatic hydroxyl groups is 1. The molecule has 1 aliphatic rings. The second-order valence-corrected chi connectivity index (χ2v) is 4.76. The van der Waals surface area contributed by atoms with Gasteiger partial charge in [0, 0.05) is 5.70 Å². The van der Waals surface area contributed by atoms with Crippen LogP contribution in [0.5, 0.6) is 5.75 Å². The number of benzene rings is 1. The Balaban J connectivity index is 2.47. The molecule has 1 aliphatic heterocycles. The van der Waals surface area contributed by atoms with E-state index < -0.39 is 0 Å². The number of anilines is 1. The molecule has 1 aromatic carbocycles. The molecule has 0 fully saturated rings. The van der Waals surface area contributed by atoms with Gasteiger partial charge in [-0.3, -0.25) is 4.90 Å². The average molecular weight is 232 g/mol. The molecule has 0 atom stereocenters. The van der Waals surface area contributed by atoms with E-state index in [0.29, 0.717) is 5.69 Å². The molecule has 0 bridgehead atoms. The molecule has 0 aliphatic carbocycles. The summed E-state index contributed by atoms with van der Waals surface area (Å²) in [5.41, 5.74) is 0.941. The van der Waals surface area contributed by atoms with Crippen molar-refractivity contribution in [1.82, 2.24) is 5.32 Å². The summed E-state index contributed by atoms with van der Waals surface area (Å²) in [7, 11) is 0. The van der Waals surface area contributed by atoms with Gasteiger partial charge in [-0.25, -0.2) is 4.79 Å². The van der Waals surface area contributed by atoms with Crippen LogP contribution in [0, 0.1) is 0 Å². The lowest BCUT2D eigenvalue weighted by Crippen LogP contribution is -2.53. The van der Waals surface area contributed by atoms with Gasteiger partial charge in [-0.1, -0.05) is 12.1 Å². The zero-order valence-electron chi connectivity index (χ0n) is 10.2. The van der Waals surface area contributed by atoms with Crippen molar-refractivity contribution in [3.05, 3.63) is 36.0 Å². The van der Waals surface area contributed by atoms with E-state index in [1.54, 1.807) is 24.3 Å². The SMILES string of the molecule is CC1=CC(C)(C)NC(=O)N1c1ccccc1O. The molecule has 17 heavy (non-hydrogen) atoms. The van der Waals surface area contributed by atoms with Gasteiger partial charge >= 0.3 is 6.03 Å². The van der Waals surface area contributed by atoms with Crippen LogP contribution in [0.3, 0.4) is 0 Å². The van der Waals surface area contributed by atoms with E-state index in [4.69, 9.17) is 0 Å². The monoisotopic (exact) mass is 232 g/mol. The Kier molecular flexibility index (Phi) is 2.58. The maximum Gasteiger partial charge on any atom is 0.327 e. The zero-order chi connectivity index (χ0) is 12.6. The van der Waals surface area contributed by atoms with Crippen LogP contribution >= 0.6 is 0 Å². The molecule has 0 radical (unpaired) electrons. The van der Waals surface area contributed by atoms with Crippen molar-refractivity contribution in [2.75, 3.05) is 4.90 Å². The lowest BCUT2D eigenvalue weighted by atomic mass is 10.0. The largest absolute Gasteiger partial charge is 0.506 e. The first kappa shape index (κ1) is 11.5. The predicted octanol–water partition coefficient (Wildman–Crippen LogP) is 2.60. The van der Waals surface area contributed by atoms with Crippen LogP contribution in [0.1, 0.15) is 20.8 Å². The average Bonchev–Trinajstić information content (AvgIpc) is 2.17. The van der Waals surface area contributed by atoms with Crippen molar-refractivity contribution < 1.29 is 9.90 Å². The number of phenols is 1. The first-order valence-corrected chi connectivity index (χ1v) is 5.50. The standard InChI is InChI=1S/C13H16N2O2/c1-9-8-13(2,3)14-12(17)15(9)10-6-4-5-7-11(10)16/h4-8,16H,1-3H3,(H,14,17). The third-order valence-electron chi connectivity index (χ3n) is 2.68. The van der Waals surface area contributed by atoms with Crippen LogP contribution in [0.25, 0.3) is 0 Å². The number of phenolic OH excluding ortho intramolecular Hbond substituents is 1. The maximum atomic E-state index is 12.0. The number of hydrogen-bond donors (Lipinski definition) is 2. The molecule has 0 saturated heterocycles. The van der Waals surface area contributed by atoms with E-state index >= 15 is 0 Å². The van der Waals surface area contributed by atoms with E-state index in [1.165, 1.54) is 4.90 Å². The van der Waals surface area contributed by atoms with Crippen LogP contribution < -0.4 is 10.2 Å². The number of allylic oxidation sites excluding steroid dienone is 1. The lowest BCUT2D eigenvalue weighted by Gasteiger charge is -2.36. The van der Waals surface area contributed by atoms with E-state index in [9.17, 15) is 9.90 Å². The molecular formula is C13H16N2O2. The van der Waals surface area contributed by atoms with Crippen LogP contribution in [-0.2, 0) is 0 Å². The van der Waals surface area contributed by atoms with Crippen molar-refractivity contribution >= 4 is 11.7 Å². The Hall–Kier alpha value is -1.97. The number of rotatable bonds is 1. The van der Waals surface area contributed by atoms with Crippen LogP contribution in [0.2, 0.25) is 0 Å². The third-order valence-corrected chi connectivity index (χ3v) is 2.68. The summed E-state index contributed by atoms with van der Waals surface area (Å²) >= 11 is 0. The van der Waals surface area contributed by atoms with Crippen molar-refractivity contribution in [1.29, 1.82) is 0 Å². The van der Waals surface area contributed by atoms with Crippen LogP contribution in [-0.4, -0.2) is 16.7 Å². The molecule has 2 amide bonds. The fourth-order valence-electron chi connectivity index (χ4n) is 2.07. The van der Waals surface area contributed by atoms with Gasteiger partial charge in [0.25, 0.3) is 0 Å². The Bertz CT molecular complexity index is 492. The van der Waals surface area contributed by atoms with E-state index in [2.05, 4.69) is 5.32 Å². The summed E-state index contributed by atoms with van der Waals surface area (Å²) in [5.74, 6) is 0.0927. The van der Waals surface area contributed by atoms with Gasteiger partial charge in [-0.2, -0.15) is 0 Å². The normalized spacial score (nSPS) is 18.6. The second-order valence-electron chi connectivity index (χ2n) is 4.76. The minimum absolute atomic E-state index is 0.0927. The Morgan fingerprint density at radius 1 is 1.29 bits per heavy atom. The topological polar surface area (TPSA) is 52.6 Å². The number of carbonyl (C=O) groups excluding carboxylic acids is 1. The molecular weight excluding hydrogens is 216 g/mol. The molecule has 2 rings (SSSR count). The highest BCUT2D eigenvalue weighted by molar-refractivity contribution is 5.98. The van der Waals surface area contributed by atoms with Crippen molar-refractivity contribution in [3.8, 4) is 5.75 Å². The fourth-order valence-corrected chi connectivity index (χ4v) is 2.07. The van der Waals surface area contributed by atoms with Crippen molar-refractivity contribution in [3.63, 3.8) is 0 Å². The van der Waals surface area contributed by atoms with E-state index in [1.807, 2.05) is 26.8 Å². The summed E-state index contributed by atoms with van der Waals surface area (Å²) in [6.45, 7) is 5.71. The van der Waals surface area contributed by atoms with Crippen molar-refractivity contribution in [2.24, 2.45) is 0 Å². The summed E-state index contributed by atoms with van der Waals surface area (Å²) in [6, 6.07) is 6.57. The predicted molar refractivity (Wildman–Crippen MR) is 67.0 cm³/mol. The zero-order valence-corrected chi connectivity index (χ0v) is 10.2. The number of carbonyl (C=O) groups is 1. The number of para-hydroxylation sites is 2. The summed E-state index contributed by atoms with van der Waals surface area (Å²) in [6.07, 6.45) is 1.96. The van der Waals surface area contributed by atoms with Crippen LogP contribution in [0.15, 0.2) is 36.0 Å². The van der Waals surface area contributed by atoms with Gasteiger partial charge in [0.2, 0.25) is 0 Å². The van der Waals surface area contributed by atoms with Crippen LogP contribution in [0.4, 0.5) is 10.5 Å². The Morgan fingerprint density at radius 3 is 2.53 bits per heavy atom. The smallest absolute Gasteiger partial charge is 0.327 e. The fraction of sp³-hybridized carbons (Fsp3) is 0.308.